The summed E-state index contributed by atoms with van der Waals surface area (Å²) < 4.78 is 17.6. The van der Waals surface area contributed by atoms with Gasteiger partial charge in [0.15, 0.2) is 16.6 Å². The first-order valence-electron chi connectivity index (χ1n) is 11.1. The molecule has 0 bridgehead atoms. The van der Waals surface area contributed by atoms with Crippen molar-refractivity contribution >= 4 is 57.7 Å². The first kappa shape index (κ1) is 25.9. The molecule has 4 aromatic rings. The average molecular weight is 540 g/mol. The fourth-order valence-electron chi connectivity index (χ4n) is 3.45. The number of anilines is 1. The number of rotatable bonds is 7. The summed E-state index contributed by atoms with van der Waals surface area (Å²) in [5.41, 5.74) is 1.85. The number of hydrogen-bond acceptors (Lipinski definition) is 8. The SMILES string of the molecule is CCOC(=O)NC(=S)Nc1nc(C(=O)OC)c(OCc2ccccc2)c2c1cnn2-c1ccc(Cl)cc1. The van der Waals surface area contributed by atoms with Crippen LogP contribution in [0.3, 0.4) is 0 Å². The first-order chi connectivity index (χ1) is 17.9. The molecule has 2 N–H and O–H groups in total. The van der Waals surface area contributed by atoms with E-state index >= 15 is 0 Å². The van der Waals surface area contributed by atoms with Crippen LogP contribution in [0.2, 0.25) is 5.02 Å². The van der Waals surface area contributed by atoms with E-state index in [2.05, 4.69) is 20.7 Å². The maximum absolute atomic E-state index is 12.8. The topological polar surface area (TPSA) is 117 Å². The zero-order valence-electron chi connectivity index (χ0n) is 19.9. The van der Waals surface area contributed by atoms with Gasteiger partial charge in [-0.25, -0.2) is 19.3 Å². The van der Waals surface area contributed by atoms with Crippen molar-refractivity contribution in [2.75, 3.05) is 19.0 Å². The fourth-order valence-corrected chi connectivity index (χ4v) is 3.75. The minimum Gasteiger partial charge on any atom is -0.484 e. The first-order valence-corrected chi connectivity index (χ1v) is 11.9. The van der Waals surface area contributed by atoms with Crippen LogP contribution in [0.15, 0.2) is 60.8 Å². The molecule has 0 saturated carbocycles. The smallest absolute Gasteiger partial charge is 0.413 e. The molecule has 0 aliphatic carbocycles. The second-order valence-electron chi connectivity index (χ2n) is 7.50. The highest BCUT2D eigenvalue weighted by atomic mass is 35.5. The Morgan fingerprint density at radius 1 is 1.11 bits per heavy atom. The van der Waals surface area contributed by atoms with E-state index in [9.17, 15) is 9.59 Å². The van der Waals surface area contributed by atoms with Crippen LogP contribution in [0.1, 0.15) is 23.0 Å². The summed E-state index contributed by atoms with van der Waals surface area (Å²) in [5, 5.41) is 10.7. The van der Waals surface area contributed by atoms with Gasteiger partial charge in [-0.1, -0.05) is 41.9 Å². The highest BCUT2D eigenvalue weighted by molar-refractivity contribution is 7.80. The molecule has 12 heteroatoms. The molecule has 0 atom stereocenters. The minimum atomic E-state index is -0.735. The van der Waals surface area contributed by atoms with Gasteiger partial charge >= 0.3 is 12.1 Å². The lowest BCUT2D eigenvalue weighted by Crippen LogP contribution is -2.35. The maximum Gasteiger partial charge on any atom is 0.413 e. The number of carbonyl (C=O) groups is 2. The van der Waals surface area contributed by atoms with Gasteiger partial charge in [-0.15, -0.1) is 0 Å². The van der Waals surface area contributed by atoms with Crippen molar-refractivity contribution in [1.82, 2.24) is 20.1 Å². The van der Waals surface area contributed by atoms with Crippen LogP contribution in [0.25, 0.3) is 16.6 Å². The Hall–Kier alpha value is -4.22. The van der Waals surface area contributed by atoms with Crippen molar-refractivity contribution < 1.29 is 23.8 Å². The maximum atomic E-state index is 12.8. The number of alkyl carbamates (subject to hydrolysis) is 1. The number of benzene rings is 2. The molecular formula is C25H22ClN5O5S. The molecule has 37 heavy (non-hydrogen) atoms. The fraction of sp³-hybridized carbons (Fsp3) is 0.160. The quantitative estimate of drug-likeness (QED) is 0.250. The molecule has 2 heterocycles. The second kappa shape index (κ2) is 11.7. The lowest BCUT2D eigenvalue weighted by molar-refractivity contribution is 0.0589. The van der Waals surface area contributed by atoms with E-state index in [4.69, 9.17) is 38.0 Å². The van der Waals surface area contributed by atoms with E-state index in [1.165, 1.54) is 7.11 Å². The van der Waals surface area contributed by atoms with E-state index in [0.717, 1.165) is 5.56 Å². The van der Waals surface area contributed by atoms with Crippen LogP contribution < -0.4 is 15.4 Å². The third-order valence-corrected chi connectivity index (χ3v) is 5.53. The molecule has 10 nitrogen and oxygen atoms in total. The van der Waals surface area contributed by atoms with Gasteiger partial charge in [0.2, 0.25) is 0 Å². The van der Waals surface area contributed by atoms with Gasteiger partial charge in [0.25, 0.3) is 0 Å². The van der Waals surface area contributed by atoms with Gasteiger partial charge in [-0.2, -0.15) is 5.10 Å². The number of nitrogens with one attached hydrogen (secondary N) is 2. The van der Waals surface area contributed by atoms with Gasteiger partial charge in [0, 0.05) is 5.02 Å². The Balaban J connectivity index is 1.86. The molecule has 0 fully saturated rings. The molecule has 0 unspecified atom stereocenters. The number of methoxy groups -OCH3 is 1. The summed E-state index contributed by atoms with van der Waals surface area (Å²) in [6, 6.07) is 16.4. The Morgan fingerprint density at radius 3 is 2.51 bits per heavy atom. The van der Waals surface area contributed by atoms with Gasteiger partial charge in [-0.05, 0) is 49.0 Å². The Kier molecular flexibility index (Phi) is 8.16. The molecular weight excluding hydrogens is 518 g/mol. The molecule has 1 amide bonds. The summed E-state index contributed by atoms with van der Waals surface area (Å²) in [4.78, 5) is 29.1. The number of aromatic nitrogens is 3. The van der Waals surface area contributed by atoms with Crippen molar-refractivity contribution in [2.24, 2.45) is 0 Å². The van der Waals surface area contributed by atoms with Crippen molar-refractivity contribution in [3.05, 3.63) is 77.1 Å². The number of hydrogen-bond donors (Lipinski definition) is 2. The predicted octanol–water partition coefficient (Wildman–Crippen LogP) is 4.88. The molecule has 2 aromatic heterocycles. The van der Waals surface area contributed by atoms with Crippen LogP contribution in [0.5, 0.6) is 5.75 Å². The van der Waals surface area contributed by atoms with Crippen LogP contribution in [-0.4, -0.2) is 45.7 Å². The molecule has 190 valence electrons. The highest BCUT2D eigenvalue weighted by Gasteiger charge is 2.26. The predicted molar refractivity (Wildman–Crippen MR) is 142 cm³/mol. The lowest BCUT2D eigenvalue weighted by Gasteiger charge is -2.16. The standard InChI is InChI=1S/C25H22ClN5O5S/c1-3-35-25(33)30-24(37)29-22-18-13-27-31(17-11-9-16(26)10-12-17)20(18)21(19(28-22)23(32)34-2)36-14-15-7-5-4-6-8-15/h4-13H,3,14H2,1-2H3,(H2,28,29,30,33,37). The summed E-state index contributed by atoms with van der Waals surface area (Å²) >= 11 is 11.3. The second-order valence-corrected chi connectivity index (χ2v) is 8.34. The number of esters is 1. The summed E-state index contributed by atoms with van der Waals surface area (Å²) in [6.07, 6.45) is 0.812. The summed E-state index contributed by atoms with van der Waals surface area (Å²) in [7, 11) is 1.24. The number of amides is 1. The average Bonchev–Trinajstić information content (AvgIpc) is 3.34. The van der Waals surface area contributed by atoms with Crippen LogP contribution in [0, 0.1) is 0 Å². The molecule has 2 aromatic carbocycles. The van der Waals surface area contributed by atoms with E-state index in [-0.39, 0.29) is 35.6 Å². The number of pyridine rings is 1. The number of fused-ring (bicyclic) bond motifs is 1. The monoisotopic (exact) mass is 539 g/mol. The molecule has 0 spiro atoms. The number of carbonyl (C=O) groups excluding carboxylic acids is 2. The largest absolute Gasteiger partial charge is 0.484 e. The lowest BCUT2D eigenvalue weighted by atomic mass is 10.2. The van der Waals surface area contributed by atoms with E-state index in [1.54, 1.807) is 42.1 Å². The minimum absolute atomic E-state index is 0.0831. The number of thiocarbonyl (C=S) groups is 1. The molecule has 0 saturated heterocycles. The van der Waals surface area contributed by atoms with Crippen LogP contribution in [-0.2, 0) is 16.1 Å². The van der Waals surface area contributed by atoms with Gasteiger partial charge < -0.3 is 19.5 Å². The number of halogens is 1. The zero-order valence-corrected chi connectivity index (χ0v) is 21.4. The Labute approximate surface area is 222 Å². The van der Waals surface area contributed by atoms with E-state index in [0.29, 0.717) is 21.6 Å². The number of nitrogens with zero attached hydrogens (tertiary/aromatic N) is 3. The Morgan fingerprint density at radius 2 is 1.84 bits per heavy atom. The third kappa shape index (κ3) is 5.96. The van der Waals surface area contributed by atoms with Gasteiger partial charge in [0.1, 0.15) is 17.9 Å². The Bertz CT molecular complexity index is 1440. The van der Waals surface area contributed by atoms with Crippen molar-refractivity contribution in [3.63, 3.8) is 0 Å². The number of ether oxygens (including phenoxy) is 3. The molecule has 4 rings (SSSR count). The highest BCUT2D eigenvalue weighted by Crippen LogP contribution is 2.36. The zero-order chi connectivity index (χ0) is 26.4. The van der Waals surface area contributed by atoms with Crippen LogP contribution >= 0.6 is 23.8 Å². The molecule has 0 aliphatic heterocycles. The van der Waals surface area contributed by atoms with Gasteiger partial charge in [0.05, 0.1) is 31.0 Å². The summed E-state index contributed by atoms with van der Waals surface area (Å²) in [6.45, 7) is 2.00. The van der Waals surface area contributed by atoms with E-state index in [1.807, 2.05) is 30.3 Å². The molecule has 0 aliphatic rings. The van der Waals surface area contributed by atoms with Gasteiger partial charge in [-0.3, -0.25) is 5.32 Å². The van der Waals surface area contributed by atoms with Crippen LogP contribution in [0.4, 0.5) is 10.6 Å². The normalized spacial score (nSPS) is 10.6. The molecule has 0 radical (unpaired) electrons. The van der Waals surface area contributed by atoms with Crippen molar-refractivity contribution in [3.8, 4) is 11.4 Å². The van der Waals surface area contributed by atoms with E-state index < -0.39 is 12.1 Å². The third-order valence-electron chi connectivity index (χ3n) is 5.08. The summed E-state index contributed by atoms with van der Waals surface area (Å²) in [5.74, 6) is -0.418. The van der Waals surface area contributed by atoms with Crippen molar-refractivity contribution in [1.29, 1.82) is 0 Å². The van der Waals surface area contributed by atoms with Crippen molar-refractivity contribution in [2.45, 2.75) is 13.5 Å².